The number of ether oxygens (including phenoxy) is 1. The van der Waals surface area contributed by atoms with Crippen molar-refractivity contribution in [2.45, 2.75) is 19.6 Å². The molecule has 0 heterocycles. The first kappa shape index (κ1) is 19.0. The van der Waals surface area contributed by atoms with E-state index < -0.39 is 11.8 Å². The van der Waals surface area contributed by atoms with E-state index in [0.29, 0.717) is 5.02 Å². The Labute approximate surface area is 152 Å². The summed E-state index contributed by atoms with van der Waals surface area (Å²) in [6.07, 6.45) is -0.318. The number of carbonyl (C=O) groups excluding carboxylic acids is 2. The van der Waals surface area contributed by atoms with E-state index in [-0.39, 0.29) is 19.2 Å². The Bertz CT molecular complexity index is 749. The van der Waals surface area contributed by atoms with Crippen LogP contribution >= 0.6 is 11.6 Å². The van der Waals surface area contributed by atoms with E-state index in [9.17, 15) is 9.59 Å². The van der Waals surface area contributed by atoms with Gasteiger partial charge in [0.05, 0.1) is 6.10 Å². The van der Waals surface area contributed by atoms with Gasteiger partial charge >= 0.3 is 11.8 Å². The lowest BCUT2D eigenvalue weighted by Crippen LogP contribution is -2.41. The number of halogens is 1. The number of amides is 2. The summed E-state index contributed by atoms with van der Waals surface area (Å²) in [5, 5.41) is 5.70. The molecule has 6 heteroatoms. The summed E-state index contributed by atoms with van der Waals surface area (Å²) in [4.78, 5) is 23.9. The standard InChI is InChI=1S/C19H21ClN2O3/c1-13-7-3-5-9-15(13)17(25-2)12-22-19(24)18(23)21-11-14-8-4-6-10-16(14)20/h3-10,17H,11-12H2,1-2H3,(H,21,23)(H,22,24). The van der Waals surface area contributed by atoms with Gasteiger partial charge in [-0.2, -0.15) is 0 Å². The highest BCUT2D eigenvalue weighted by Crippen LogP contribution is 2.19. The first-order valence-corrected chi connectivity index (χ1v) is 8.28. The van der Waals surface area contributed by atoms with E-state index in [2.05, 4.69) is 10.6 Å². The fourth-order valence-corrected chi connectivity index (χ4v) is 2.63. The van der Waals surface area contributed by atoms with E-state index in [1.54, 1.807) is 25.3 Å². The van der Waals surface area contributed by atoms with Crippen LogP contribution in [0.25, 0.3) is 0 Å². The van der Waals surface area contributed by atoms with Crippen molar-refractivity contribution in [3.05, 3.63) is 70.2 Å². The van der Waals surface area contributed by atoms with Gasteiger partial charge in [-0.25, -0.2) is 0 Å². The lowest BCUT2D eigenvalue weighted by atomic mass is 10.0. The van der Waals surface area contributed by atoms with Gasteiger partial charge in [0, 0.05) is 25.2 Å². The Morgan fingerprint density at radius 2 is 1.68 bits per heavy atom. The molecule has 2 amide bonds. The molecule has 0 saturated carbocycles. The number of rotatable bonds is 6. The Kier molecular flexibility index (Phi) is 6.98. The third kappa shape index (κ3) is 5.31. The van der Waals surface area contributed by atoms with Gasteiger partial charge in [-0.3, -0.25) is 9.59 Å². The minimum atomic E-state index is -0.709. The average molecular weight is 361 g/mol. The van der Waals surface area contributed by atoms with Crippen LogP contribution in [0.3, 0.4) is 0 Å². The van der Waals surface area contributed by atoms with Crippen LogP contribution in [0.15, 0.2) is 48.5 Å². The summed E-state index contributed by atoms with van der Waals surface area (Å²) >= 11 is 6.02. The normalized spacial score (nSPS) is 11.6. The first-order chi connectivity index (χ1) is 12.0. The van der Waals surface area contributed by atoms with Gasteiger partial charge in [-0.1, -0.05) is 54.1 Å². The van der Waals surface area contributed by atoms with Crippen LogP contribution in [0.1, 0.15) is 22.8 Å². The highest BCUT2D eigenvalue weighted by molar-refractivity contribution is 6.35. The molecule has 0 fully saturated rings. The van der Waals surface area contributed by atoms with Crippen molar-refractivity contribution >= 4 is 23.4 Å². The summed E-state index contributed by atoms with van der Waals surface area (Å²) < 4.78 is 5.43. The summed E-state index contributed by atoms with van der Waals surface area (Å²) in [7, 11) is 1.57. The molecule has 0 aliphatic carbocycles. The molecular weight excluding hydrogens is 340 g/mol. The fraction of sp³-hybridized carbons (Fsp3) is 0.263. The molecule has 2 N–H and O–H groups in total. The van der Waals surface area contributed by atoms with Crippen molar-refractivity contribution in [3.8, 4) is 0 Å². The second-order valence-corrected chi connectivity index (χ2v) is 5.97. The van der Waals surface area contributed by atoms with Crippen molar-refractivity contribution in [1.29, 1.82) is 0 Å². The third-order valence-electron chi connectivity index (χ3n) is 3.87. The molecule has 0 radical (unpaired) electrons. The molecule has 1 unspecified atom stereocenters. The van der Waals surface area contributed by atoms with E-state index in [1.807, 2.05) is 37.3 Å². The SMILES string of the molecule is COC(CNC(=O)C(=O)NCc1ccccc1Cl)c1ccccc1C. The van der Waals surface area contributed by atoms with Gasteiger partial charge in [0.25, 0.3) is 0 Å². The molecule has 0 aliphatic heterocycles. The summed E-state index contributed by atoms with van der Waals surface area (Å²) in [6.45, 7) is 2.37. The van der Waals surface area contributed by atoms with Crippen LogP contribution in [0.5, 0.6) is 0 Å². The van der Waals surface area contributed by atoms with E-state index >= 15 is 0 Å². The maximum atomic E-state index is 12.0. The van der Waals surface area contributed by atoms with Crippen LogP contribution in [0.2, 0.25) is 5.02 Å². The molecule has 5 nitrogen and oxygen atoms in total. The largest absolute Gasteiger partial charge is 0.375 e. The van der Waals surface area contributed by atoms with E-state index in [0.717, 1.165) is 16.7 Å². The third-order valence-corrected chi connectivity index (χ3v) is 4.24. The van der Waals surface area contributed by atoms with Gasteiger partial charge in [-0.05, 0) is 29.7 Å². The molecule has 0 aliphatic rings. The highest BCUT2D eigenvalue weighted by Gasteiger charge is 2.18. The minimum Gasteiger partial charge on any atom is -0.375 e. The van der Waals surface area contributed by atoms with E-state index in [4.69, 9.17) is 16.3 Å². The maximum Gasteiger partial charge on any atom is 0.309 e. The second-order valence-electron chi connectivity index (χ2n) is 5.57. The zero-order valence-corrected chi connectivity index (χ0v) is 15.0. The lowest BCUT2D eigenvalue weighted by molar-refractivity contribution is -0.139. The molecule has 2 aromatic rings. The number of hydrogen-bond donors (Lipinski definition) is 2. The number of nitrogens with one attached hydrogen (secondary N) is 2. The Balaban J connectivity index is 1.87. The number of aryl methyl sites for hydroxylation is 1. The predicted octanol–water partition coefficient (Wildman–Crippen LogP) is 2.77. The molecule has 2 rings (SSSR count). The first-order valence-electron chi connectivity index (χ1n) is 7.90. The van der Waals surface area contributed by atoms with Crippen LogP contribution in [-0.4, -0.2) is 25.5 Å². The topological polar surface area (TPSA) is 67.4 Å². The lowest BCUT2D eigenvalue weighted by Gasteiger charge is -2.18. The van der Waals surface area contributed by atoms with Crippen molar-refractivity contribution in [2.24, 2.45) is 0 Å². The summed E-state index contributed by atoms with van der Waals surface area (Å²) in [5.41, 5.74) is 2.79. The van der Waals surface area contributed by atoms with Gasteiger partial charge in [-0.15, -0.1) is 0 Å². The molecule has 0 saturated heterocycles. The van der Waals surface area contributed by atoms with Crippen molar-refractivity contribution in [1.82, 2.24) is 10.6 Å². The molecule has 0 bridgehead atoms. The summed E-state index contributed by atoms with van der Waals surface area (Å²) in [6, 6.07) is 14.9. The molecule has 25 heavy (non-hydrogen) atoms. The Morgan fingerprint density at radius 3 is 2.36 bits per heavy atom. The smallest absolute Gasteiger partial charge is 0.309 e. The number of hydrogen-bond acceptors (Lipinski definition) is 3. The number of carbonyl (C=O) groups is 2. The quantitative estimate of drug-likeness (QED) is 0.778. The Hall–Kier alpha value is -2.37. The zero-order valence-electron chi connectivity index (χ0n) is 14.2. The molecule has 0 spiro atoms. The average Bonchev–Trinajstić information content (AvgIpc) is 2.62. The van der Waals surface area contributed by atoms with Crippen molar-refractivity contribution in [3.63, 3.8) is 0 Å². The molecule has 1 atom stereocenters. The van der Waals surface area contributed by atoms with Crippen LogP contribution in [0, 0.1) is 6.92 Å². The van der Waals surface area contributed by atoms with Crippen LogP contribution in [-0.2, 0) is 20.9 Å². The summed E-state index contributed by atoms with van der Waals surface area (Å²) in [5.74, 6) is -1.41. The second kappa shape index (κ2) is 9.20. The highest BCUT2D eigenvalue weighted by atomic mass is 35.5. The van der Waals surface area contributed by atoms with Gasteiger partial charge in [0.1, 0.15) is 0 Å². The van der Waals surface area contributed by atoms with Gasteiger partial charge in [0.15, 0.2) is 0 Å². The minimum absolute atomic E-state index is 0.192. The molecule has 2 aromatic carbocycles. The predicted molar refractivity (Wildman–Crippen MR) is 97.2 cm³/mol. The van der Waals surface area contributed by atoms with Gasteiger partial charge < -0.3 is 15.4 Å². The number of methoxy groups -OCH3 is 1. The van der Waals surface area contributed by atoms with Crippen molar-refractivity contribution < 1.29 is 14.3 Å². The van der Waals surface area contributed by atoms with Crippen molar-refractivity contribution in [2.75, 3.05) is 13.7 Å². The molecule has 132 valence electrons. The molecule has 0 aromatic heterocycles. The monoisotopic (exact) mass is 360 g/mol. The maximum absolute atomic E-state index is 12.0. The molecular formula is C19H21ClN2O3. The van der Waals surface area contributed by atoms with Gasteiger partial charge in [0.2, 0.25) is 0 Å². The fourth-order valence-electron chi connectivity index (χ4n) is 2.43. The van der Waals surface area contributed by atoms with Crippen LogP contribution in [0.4, 0.5) is 0 Å². The Morgan fingerprint density at radius 1 is 1.04 bits per heavy atom. The van der Waals surface area contributed by atoms with Crippen LogP contribution < -0.4 is 10.6 Å². The number of benzene rings is 2. The van der Waals surface area contributed by atoms with E-state index in [1.165, 1.54) is 0 Å². The zero-order chi connectivity index (χ0) is 18.2.